The number of rotatable bonds is 8. The fourth-order valence-electron chi connectivity index (χ4n) is 6.55. The van der Waals surface area contributed by atoms with Crippen LogP contribution in [0.1, 0.15) is 44.1 Å². The summed E-state index contributed by atoms with van der Waals surface area (Å²) in [6, 6.07) is 3.67. The van der Waals surface area contributed by atoms with Crippen LogP contribution in [0.3, 0.4) is 0 Å². The number of hydrogen-bond acceptors (Lipinski definition) is 3. The largest absolute Gasteiger partial charge is 0.417 e. The van der Waals surface area contributed by atoms with Crippen LogP contribution in [-0.2, 0) is 15.8 Å². The highest BCUT2D eigenvalue weighted by Crippen LogP contribution is 2.72. The van der Waals surface area contributed by atoms with Gasteiger partial charge >= 0.3 is 6.18 Å². The number of carbonyl (C=O) groups is 2. The Kier molecular flexibility index (Phi) is 6.76. The molecule has 4 atom stereocenters. The minimum absolute atomic E-state index is 0.0171. The van der Waals surface area contributed by atoms with Gasteiger partial charge in [0.05, 0.1) is 17.4 Å². The van der Waals surface area contributed by atoms with Gasteiger partial charge in [0, 0.05) is 16.7 Å². The second-order valence-electron chi connectivity index (χ2n) is 10.4. The van der Waals surface area contributed by atoms with Gasteiger partial charge in [-0.25, -0.2) is 0 Å². The van der Waals surface area contributed by atoms with E-state index in [1.165, 1.54) is 25.0 Å². The summed E-state index contributed by atoms with van der Waals surface area (Å²) in [6.07, 6.45) is 5.99. The number of likely N-dealkylation sites (tertiary alicyclic amines) is 1. The lowest BCUT2D eigenvalue weighted by atomic mass is 9.81. The van der Waals surface area contributed by atoms with E-state index in [2.05, 4.69) is 37.5 Å². The number of carbonyl (C=O) groups excluding carboxylic acids is 2. The normalized spacial score (nSPS) is 28.6. The molecule has 35 heavy (non-hydrogen) atoms. The van der Waals surface area contributed by atoms with E-state index in [9.17, 15) is 22.8 Å². The lowest BCUT2D eigenvalue weighted by Crippen LogP contribution is -2.42. The SMILES string of the molecule is O=C(NCCCCN1CCCC1)[C@H]1[C@H](C(=O)Nc2ccc(Br)c(C(F)(F)F)c2)[C@@H]2C=C[C@H]1C21CC1. The zero-order chi connectivity index (χ0) is 24.8. The predicted octanol–water partition coefficient (Wildman–Crippen LogP) is 5.23. The molecule has 1 spiro atoms. The van der Waals surface area contributed by atoms with Gasteiger partial charge in [0.25, 0.3) is 0 Å². The first kappa shape index (κ1) is 24.8. The van der Waals surface area contributed by atoms with Crippen LogP contribution in [0, 0.1) is 29.1 Å². The van der Waals surface area contributed by atoms with Crippen molar-refractivity contribution in [3.63, 3.8) is 0 Å². The number of halogens is 4. The third kappa shape index (κ3) is 4.78. The van der Waals surface area contributed by atoms with E-state index in [1.807, 2.05) is 6.08 Å². The van der Waals surface area contributed by atoms with E-state index in [0.29, 0.717) is 6.54 Å². The molecule has 2 saturated carbocycles. The second-order valence-corrected chi connectivity index (χ2v) is 11.3. The maximum Gasteiger partial charge on any atom is 0.417 e. The van der Waals surface area contributed by atoms with Crippen LogP contribution in [0.15, 0.2) is 34.8 Å². The number of amides is 2. The fourth-order valence-corrected chi connectivity index (χ4v) is 7.02. The molecule has 4 aliphatic rings. The lowest BCUT2D eigenvalue weighted by molar-refractivity contribution is -0.138. The Labute approximate surface area is 212 Å². The first-order valence-corrected chi connectivity index (χ1v) is 13.4. The molecule has 9 heteroatoms. The summed E-state index contributed by atoms with van der Waals surface area (Å²) in [6.45, 7) is 3.94. The number of hydrogen-bond donors (Lipinski definition) is 2. The molecule has 3 fully saturated rings. The highest BCUT2D eigenvalue weighted by Gasteiger charge is 2.69. The number of nitrogens with zero attached hydrogens (tertiary/aromatic N) is 1. The molecule has 1 aromatic carbocycles. The second kappa shape index (κ2) is 9.54. The van der Waals surface area contributed by atoms with Gasteiger partial charge in [-0.2, -0.15) is 13.2 Å². The maximum absolute atomic E-state index is 13.4. The van der Waals surface area contributed by atoms with Gasteiger partial charge in [0.2, 0.25) is 11.8 Å². The molecule has 1 heterocycles. The molecular weight excluding hydrogens is 523 g/mol. The highest BCUT2D eigenvalue weighted by atomic mass is 79.9. The molecule has 2 bridgehead atoms. The molecule has 2 N–H and O–H groups in total. The average molecular weight is 554 g/mol. The number of nitrogens with one attached hydrogen (secondary N) is 2. The van der Waals surface area contributed by atoms with E-state index < -0.39 is 23.6 Å². The van der Waals surface area contributed by atoms with Crippen molar-refractivity contribution in [1.82, 2.24) is 10.2 Å². The number of unbranched alkanes of at least 4 members (excludes halogenated alkanes) is 1. The van der Waals surface area contributed by atoms with Gasteiger partial charge in [-0.1, -0.05) is 28.1 Å². The average Bonchev–Trinajstić information content (AvgIpc) is 3.16. The predicted molar refractivity (Wildman–Crippen MR) is 130 cm³/mol. The number of alkyl halides is 3. The minimum Gasteiger partial charge on any atom is -0.356 e. The summed E-state index contributed by atoms with van der Waals surface area (Å²) < 4.78 is 39.9. The number of benzene rings is 1. The Bertz CT molecular complexity index is 1020. The molecule has 1 aliphatic heterocycles. The Morgan fingerprint density at radius 3 is 2.31 bits per heavy atom. The third-order valence-electron chi connectivity index (χ3n) is 8.39. The van der Waals surface area contributed by atoms with Crippen molar-refractivity contribution < 1.29 is 22.8 Å². The maximum atomic E-state index is 13.4. The molecule has 1 aromatic rings. The van der Waals surface area contributed by atoms with Crippen LogP contribution in [0.25, 0.3) is 0 Å². The van der Waals surface area contributed by atoms with Gasteiger partial charge < -0.3 is 15.5 Å². The van der Waals surface area contributed by atoms with E-state index >= 15 is 0 Å². The van der Waals surface area contributed by atoms with Gasteiger partial charge in [0.15, 0.2) is 0 Å². The van der Waals surface area contributed by atoms with Crippen molar-refractivity contribution in [2.75, 3.05) is 31.5 Å². The molecule has 1 saturated heterocycles. The van der Waals surface area contributed by atoms with Crippen molar-refractivity contribution in [2.24, 2.45) is 29.1 Å². The summed E-state index contributed by atoms with van der Waals surface area (Å²) in [5.74, 6) is -1.57. The summed E-state index contributed by atoms with van der Waals surface area (Å²) in [7, 11) is 0. The smallest absolute Gasteiger partial charge is 0.356 e. The van der Waals surface area contributed by atoms with Gasteiger partial charge in [-0.15, -0.1) is 0 Å². The first-order valence-electron chi connectivity index (χ1n) is 12.6. The Balaban J connectivity index is 1.24. The fraction of sp³-hybridized carbons (Fsp3) is 0.615. The molecule has 0 unspecified atom stereocenters. The van der Waals surface area contributed by atoms with E-state index in [1.54, 1.807) is 0 Å². The summed E-state index contributed by atoms with van der Waals surface area (Å²) in [5.41, 5.74) is -0.787. The zero-order valence-corrected chi connectivity index (χ0v) is 21.1. The van der Waals surface area contributed by atoms with Crippen LogP contribution in [0.5, 0.6) is 0 Å². The molecule has 5 nitrogen and oxygen atoms in total. The van der Waals surface area contributed by atoms with Crippen molar-refractivity contribution in [2.45, 2.75) is 44.7 Å². The zero-order valence-electron chi connectivity index (χ0n) is 19.5. The van der Waals surface area contributed by atoms with Crippen LogP contribution in [0.4, 0.5) is 18.9 Å². The molecule has 3 aliphatic carbocycles. The van der Waals surface area contributed by atoms with E-state index in [-0.39, 0.29) is 39.2 Å². The van der Waals surface area contributed by atoms with E-state index in [4.69, 9.17) is 0 Å². The molecule has 0 radical (unpaired) electrons. The number of allylic oxidation sites excluding steroid dienone is 2. The summed E-state index contributed by atoms with van der Waals surface area (Å²) >= 11 is 2.93. The van der Waals surface area contributed by atoms with Gasteiger partial charge in [-0.3, -0.25) is 9.59 Å². The van der Waals surface area contributed by atoms with Crippen molar-refractivity contribution in [3.8, 4) is 0 Å². The van der Waals surface area contributed by atoms with Crippen LogP contribution >= 0.6 is 15.9 Å². The molecule has 5 rings (SSSR count). The minimum atomic E-state index is -4.54. The van der Waals surface area contributed by atoms with Crippen LogP contribution in [-0.4, -0.2) is 42.9 Å². The summed E-state index contributed by atoms with van der Waals surface area (Å²) in [5, 5.41) is 5.75. The summed E-state index contributed by atoms with van der Waals surface area (Å²) in [4.78, 5) is 29.1. The van der Waals surface area contributed by atoms with Crippen LogP contribution < -0.4 is 10.6 Å². The Morgan fingerprint density at radius 1 is 1.03 bits per heavy atom. The van der Waals surface area contributed by atoms with Gasteiger partial charge in [-0.05, 0) is 93.6 Å². The Morgan fingerprint density at radius 2 is 1.69 bits per heavy atom. The quantitative estimate of drug-likeness (QED) is 0.342. The molecule has 2 amide bonds. The van der Waals surface area contributed by atoms with Crippen molar-refractivity contribution >= 4 is 33.4 Å². The van der Waals surface area contributed by atoms with Gasteiger partial charge in [0.1, 0.15) is 0 Å². The topological polar surface area (TPSA) is 61.4 Å². The van der Waals surface area contributed by atoms with Crippen molar-refractivity contribution in [1.29, 1.82) is 0 Å². The van der Waals surface area contributed by atoms with Crippen molar-refractivity contribution in [3.05, 3.63) is 40.4 Å². The van der Waals surface area contributed by atoms with Crippen LogP contribution in [0.2, 0.25) is 0 Å². The molecule has 0 aromatic heterocycles. The first-order chi connectivity index (χ1) is 16.7. The highest BCUT2D eigenvalue weighted by molar-refractivity contribution is 9.10. The van der Waals surface area contributed by atoms with E-state index in [0.717, 1.165) is 51.4 Å². The number of anilines is 1. The lowest BCUT2D eigenvalue weighted by Gasteiger charge is -2.26. The Hall–Kier alpha value is -1.87. The molecule has 190 valence electrons. The standard InChI is InChI=1S/C26H31BrF3N3O2/c27-20-8-5-16(15-19(20)26(28,29)30)32-24(35)22-18-7-6-17(25(18)9-10-25)21(22)23(34)31-11-1-2-12-33-13-3-4-14-33/h5-8,15,17-18,21-22H,1-4,9-14H2,(H,31,34)(H,32,35)/t17-,18+,21-,22-/m1/s1. The molecular formula is C26H31BrF3N3O2. The third-order valence-corrected chi connectivity index (χ3v) is 9.08. The monoisotopic (exact) mass is 553 g/mol.